The van der Waals surface area contributed by atoms with Gasteiger partial charge in [0.1, 0.15) is 11.6 Å². The van der Waals surface area contributed by atoms with E-state index in [1.54, 1.807) is 6.07 Å². The van der Waals surface area contributed by atoms with Crippen LogP contribution in [0.25, 0.3) is 0 Å². The van der Waals surface area contributed by atoms with Crippen molar-refractivity contribution in [2.45, 2.75) is 27.0 Å². The van der Waals surface area contributed by atoms with E-state index in [0.717, 1.165) is 16.7 Å². The lowest BCUT2D eigenvalue weighted by molar-refractivity contribution is -0.123. The van der Waals surface area contributed by atoms with Gasteiger partial charge in [-0.05, 0) is 43.2 Å². The number of hydrogen-bond donors (Lipinski definition) is 2. The Morgan fingerprint density at radius 1 is 1.22 bits per heavy atom. The van der Waals surface area contributed by atoms with Gasteiger partial charge in [-0.3, -0.25) is 4.79 Å². The van der Waals surface area contributed by atoms with E-state index in [1.165, 1.54) is 12.1 Å². The minimum atomic E-state index is -0.458. The molecule has 0 aliphatic rings. The van der Waals surface area contributed by atoms with Crippen molar-refractivity contribution in [3.63, 3.8) is 0 Å². The van der Waals surface area contributed by atoms with Crippen LogP contribution in [0, 0.1) is 19.7 Å². The minimum absolute atomic E-state index is 0.0854. The molecule has 0 spiro atoms. The fraction of sp³-hybridized carbons (Fsp3) is 0.278. The van der Waals surface area contributed by atoms with E-state index in [4.69, 9.17) is 9.84 Å². The highest BCUT2D eigenvalue weighted by Gasteiger charge is 2.07. The number of hydrogen-bond acceptors (Lipinski definition) is 3. The van der Waals surface area contributed by atoms with E-state index in [0.29, 0.717) is 5.75 Å². The van der Waals surface area contributed by atoms with E-state index in [-0.39, 0.29) is 31.2 Å². The maximum atomic E-state index is 13.3. The van der Waals surface area contributed by atoms with Crippen LogP contribution in [-0.2, 0) is 17.9 Å². The first-order chi connectivity index (χ1) is 11.0. The van der Waals surface area contributed by atoms with Crippen molar-refractivity contribution >= 4 is 5.91 Å². The normalized spacial score (nSPS) is 10.4. The number of rotatable bonds is 6. The fourth-order valence-electron chi connectivity index (χ4n) is 2.22. The molecule has 0 aromatic heterocycles. The second-order valence-corrected chi connectivity index (χ2v) is 5.42. The Morgan fingerprint density at radius 2 is 2.00 bits per heavy atom. The summed E-state index contributed by atoms with van der Waals surface area (Å²) in [6.45, 7) is 3.71. The molecule has 2 rings (SSSR count). The number of benzene rings is 2. The Morgan fingerprint density at radius 3 is 2.70 bits per heavy atom. The second-order valence-electron chi connectivity index (χ2n) is 5.42. The summed E-state index contributed by atoms with van der Waals surface area (Å²) in [5.74, 6) is -0.0456. The molecule has 0 aliphatic heterocycles. The maximum Gasteiger partial charge on any atom is 0.258 e. The fourth-order valence-corrected chi connectivity index (χ4v) is 2.22. The summed E-state index contributed by atoms with van der Waals surface area (Å²) >= 11 is 0. The van der Waals surface area contributed by atoms with Gasteiger partial charge in [0.15, 0.2) is 6.61 Å². The van der Waals surface area contributed by atoms with Crippen molar-refractivity contribution in [2.24, 2.45) is 0 Å². The summed E-state index contributed by atoms with van der Waals surface area (Å²) in [6, 6.07) is 10.1. The standard InChI is InChI=1S/C18H20FNO3/c1-12-3-6-17(13(2)7-12)23-11-18(22)20-9-14-4-5-16(19)15(8-14)10-21/h3-8,21H,9-11H2,1-2H3,(H,20,22). The molecule has 0 saturated carbocycles. The molecule has 2 N–H and O–H groups in total. The SMILES string of the molecule is Cc1ccc(OCC(=O)NCc2ccc(F)c(CO)c2)c(C)c1. The number of nitrogens with one attached hydrogen (secondary N) is 1. The number of halogens is 1. The quantitative estimate of drug-likeness (QED) is 0.861. The van der Waals surface area contributed by atoms with Gasteiger partial charge in [0.2, 0.25) is 0 Å². The van der Waals surface area contributed by atoms with E-state index < -0.39 is 5.82 Å². The Balaban J connectivity index is 1.85. The molecule has 0 unspecified atom stereocenters. The van der Waals surface area contributed by atoms with Crippen LogP contribution in [0.1, 0.15) is 22.3 Å². The van der Waals surface area contributed by atoms with Gasteiger partial charge in [0, 0.05) is 12.1 Å². The maximum absolute atomic E-state index is 13.3. The zero-order valence-corrected chi connectivity index (χ0v) is 13.2. The third-order valence-electron chi connectivity index (χ3n) is 3.46. The van der Waals surface area contributed by atoms with E-state index in [1.807, 2.05) is 32.0 Å². The highest BCUT2D eigenvalue weighted by molar-refractivity contribution is 5.77. The lowest BCUT2D eigenvalue weighted by atomic mass is 10.1. The van der Waals surface area contributed by atoms with Gasteiger partial charge < -0.3 is 15.2 Å². The van der Waals surface area contributed by atoms with Crippen LogP contribution >= 0.6 is 0 Å². The summed E-state index contributed by atoms with van der Waals surface area (Å²) in [7, 11) is 0. The molecular weight excluding hydrogens is 297 g/mol. The molecule has 0 fully saturated rings. The Bertz CT molecular complexity index is 701. The summed E-state index contributed by atoms with van der Waals surface area (Å²) in [5.41, 5.74) is 3.04. The third-order valence-corrected chi connectivity index (χ3v) is 3.46. The van der Waals surface area contributed by atoms with Crippen LogP contribution in [0.4, 0.5) is 4.39 Å². The molecule has 2 aromatic carbocycles. The van der Waals surface area contributed by atoms with Crippen LogP contribution in [0.2, 0.25) is 0 Å². The molecule has 5 heteroatoms. The van der Waals surface area contributed by atoms with E-state index in [2.05, 4.69) is 5.32 Å². The number of ether oxygens (including phenoxy) is 1. The first-order valence-corrected chi connectivity index (χ1v) is 7.34. The van der Waals surface area contributed by atoms with Gasteiger partial charge in [-0.1, -0.05) is 23.8 Å². The average molecular weight is 317 g/mol. The Kier molecular flexibility index (Phi) is 5.71. The number of aliphatic hydroxyl groups is 1. The van der Waals surface area contributed by atoms with Crippen LogP contribution in [-0.4, -0.2) is 17.6 Å². The second kappa shape index (κ2) is 7.74. The number of carbonyl (C=O) groups excluding carboxylic acids is 1. The number of aliphatic hydroxyl groups excluding tert-OH is 1. The topological polar surface area (TPSA) is 58.6 Å². The van der Waals surface area contributed by atoms with Gasteiger partial charge in [-0.25, -0.2) is 4.39 Å². The minimum Gasteiger partial charge on any atom is -0.484 e. The zero-order valence-electron chi connectivity index (χ0n) is 13.2. The smallest absolute Gasteiger partial charge is 0.258 e. The summed E-state index contributed by atoms with van der Waals surface area (Å²) < 4.78 is 18.8. The zero-order chi connectivity index (χ0) is 16.8. The average Bonchev–Trinajstić information content (AvgIpc) is 2.53. The van der Waals surface area contributed by atoms with E-state index in [9.17, 15) is 9.18 Å². The molecule has 4 nitrogen and oxygen atoms in total. The largest absolute Gasteiger partial charge is 0.484 e. The lowest BCUT2D eigenvalue weighted by Gasteiger charge is -2.10. The molecule has 23 heavy (non-hydrogen) atoms. The predicted octanol–water partition coefficient (Wildman–Crippen LogP) is 2.63. The molecule has 0 atom stereocenters. The number of aryl methyl sites for hydroxylation is 2. The van der Waals surface area contributed by atoms with Crippen molar-refractivity contribution in [2.75, 3.05) is 6.61 Å². The predicted molar refractivity (Wildman–Crippen MR) is 85.6 cm³/mol. The van der Waals surface area contributed by atoms with Crippen molar-refractivity contribution in [3.05, 3.63) is 64.5 Å². The molecule has 0 radical (unpaired) electrons. The summed E-state index contributed by atoms with van der Waals surface area (Å²) in [4.78, 5) is 11.8. The molecular formula is C18H20FNO3. The van der Waals surface area contributed by atoms with Gasteiger partial charge in [-0.2, -0.15) is 0 Å². The summed E-state index contributed by atoms with van der Waals surface area (Å²) in [5, 5.41) is 11.7. The number of carbonyl (C=O) groups is 1. The monoisotopic (exact) mass is 317 g/mol. The van der Waals surface area contributed by atoms with Gasteiger partial charge in [0.25, 0.3) is 5.91 Å². The van der Waals surface area contributed by atoms with Gasteiger partial charge in [-0.15, -0.1) is 0 Å². The lowest BCUT2D eigenvalue weighted by Crippen LogP contribution is -2.28. The third kappa shape index (κ3) is 4.79. The van der Waals surface area contributed by atoms with Crippen LogP contribution in [0.3, 0.4) is 0 Å². The first kappa shape index (κ1) is 17.0. The molecule has 0 bridgehead atoms. The van der Waals surface area contributed by atoms with Crippen molar-refractivity contribution in [1.29, 1.82) is 0 Å². The van der Waals surface area contributed by atoms with Gasteiger partial charge in [0.05, 0.1) is 6.61 Å². The van der Waals surface area contributed by atoms with Crippen molar-refractivity contribution < 1.29 is 19.0 Å². The van der Waals surface area contributed by atoms with Crippen molar-refractivity contribution in [3.8, 4) is 5.75 Å². The molecule has 1 amide bonds. The first-order valence-electron chi connectivity index (χ1n) is 7.34. The Hall–Kier alpha value is -2.40. The molecule has 122 valence electrons. The summed E-state index contributed by atoms with van der Waals surface area (Å²) in [6.07, 6.45) is 0. The Labute approximate surface area is 134 Å². The van der Waals surface area contributed by atoms with Gasteiger partial charge >= 0.3 is 0 Å². The molecule has 2 aromatic rings. The van der Waals surface area contributed by atoms with Crippen LogP contribution in [0.5, 0.6) is 5.75 Å². The van der Waals surface area contributed by atoms with Crippen LogP contribution in [0.15, 0.2) is 36.4 Å². The highest BCUT2D eigenvalue weighted by Crippen LogP contribution is 2.18. The van der Waals surface area contributed by atoms with Crippen LogP contribution < -0.4 is 10.1 Å². The van der Waals surface area contributed by atoms with E-state index >= 15 is 0 Å². The number of amides is 1. The highest BCUT2D eigenvalue weighted by atomic mass is 19.1. The molecule has 0 saturated heterocycles. The molecule has 0 aliphatic carbocycles. The van der Waals surface area contributed by atoms with Crippen molar-refractivity contribution in [1.82, 2.24) is 5.32 Å². The molecule has 0 heterocycles.